The van der Waals surface area contributed by atoms with Gasteiger partial charge in [-0.2, -0.15) is 0 Å². The maximum atomic E-state index is 5.57. The van der Waals surface area contributed by atoms with E-state index in [9.17, 15) is 0 Å². The van der Waals surface area contributed by atoms with E-state index >= 15 is 0 Å². The highest BCUT2D eigenvalue weighted by Gasteiger charge is 2.16. The van der Waals surface area contributed by atoms with E-state index in [1.165, 1.54) is 5.56 Å². The van der Waals surface area contributed by atoms with Gasteiger partial charge in [0.15, 0.2) is 0 Å². The lowest BCUT2D eigenvalue weighted by Crippen LogP contribution is -1.95. The standard InChI is InChI=1S/C10H12O/c1-7-4-3-5-9-6-8(2)11-10(7)9/h3,5-7H,4H2,1-2H3. The summed E-state index contributed by atoms with van der Waals surface area (Å²) < 4.78 is 5.57. The van der Waals surface area contributed by atoms with Gasteiger partial charge in [0.05, 0.1) is 0 Å². The van der Waals surface area contributed by atoms with Gasteiger partial charge < -0.3 is 4.42 Å². The Balaban J connectivity index is 2.53. The van der Waals surface area contributed by atoms with E-state index in [0.717, 1.165) is 17.9 Å². The van der Waals surface area contributed by atoms with Crippen molar-refractivity contribution in [2.45, 2.75) is 26.2 Å². The first-order chi connectivity index (χ1) is 5.27. The average Bonchev–Trinajstić information content (AvgIpc) is 2.31. The molecule has 1 atom stereocenters. The lowest BCUT2D eigenvalue weighted by molar-refractivity contribution is 0.451. The van der Waals surface area contributed by atoms with Crippen LogP contribution in [-0.4, -0.2) is 0 Å². The van der Waals surface area contributed by atoms with Crippen LogP contribution in [0.4, 0.5) is 0 Å². The van der Waals surface area contributed by atoms with Crippen molar-refractivity contribution in [2.24, 2.45) is 0 Å². The number of allylic oxidation sites excluding steroid dienone is 1. The fourth-order valence-electron chi connectivity index (χ4n) is 1.57. The summed E-state index contributed by atoms with van der Waals surface area (Å²) in [5.74, 6) is 2.74. The van der Waals surface area contributed by atoms with Gasteiger partial charge in [-0.05, 0) is 19.4 Å². The second kappa shape index (κ2) is 2.26. The quantitative estimate of drug-likeness (QED) is 0.551. The second-order valence-electron chi connectivity index (χ2n) is 3.22. The molecule has 2 rings (SSSR count). The van der Waals surface area contributed by atoms with Gasteiger partial charge >= 0.3 is 0 Å². The van der Waals surface area contributed by atoms with E-state index in [1.54, 1.807) is 0 Å². The summed E-state index contributed by atoms with van der Waals surface area (Å²) in [6.07, 6.45) is 5.47. The predicted octanol–water partition coefficient (Wildman–Crippen LogP) is 3.11. The Bertz CT molecular complexity index is 294. The summed E-state index contributed by atoms with van der Waals surface area (Å²) in [5.41, 5.74) is 1.27. The van der Waals surface area contributed by atoms with Crippen LogP contribution in [0.25, 0.3) is 6.08 Å². The van der Waals surface area contributed by atoms with Gasteiger partial charge in [0.1, 0.15) is 11.5 Å². The number of furan rings is 1. The molecule has 11 heavy (non-hydrogen) atoms. The topological polar surface area (TPSA) is 13.1 Å². The van der Waals surface area contributed by atoms with E-state index in [1.807, 2.05) is 6.92 Å². The molecule has 0 N–H and O–H groups in total. The van der Waals surface area contributed by atoms with Crippen molar-refractivity contribution in [1.29, 1.82) is 0 Å². The summed E-state index contributed by atoms with van der Waals surface area (Å²) in [6.45, 7) is 4.20. The predicted molar refractivity (Wildman–Crippen MR) is 45.5 cm³/mol. The summed E-state index contributed by atoms with van der Waals surface area (Å²) >= 11 is 0. The van der Waals surface area contributed by atoms with Gasteiger partial charge in [-0.25, -0.2) is 0 Å². The molecule has 0 saturated heterocycles. The van der Waals surface area contributed by atoms with E-state index in [-0.39, 0.29) is 0 Å². The van der Waals surface area contributed by atoms with Crippen LogP contribution in [0.5, 0.6) is 0 Å². The normalized spacial score (nSPS) is 21.8. The summed E-state index contributed by atoms with van der Waals surface area (Å²) in [6, 6.07) is 2.10. The van der Waals surface area contributed by atoms with Gasteiger partial charge in [0.2, 0.25) is 0 Å². The lowest BCUT2D eigenvalue weighted by Gasteiger charge is -2.10. The number of fused-ring (bicyclic) bond motifs is 1. The minimum Gasteiger partial charge on any atom is -0.465 e. The van der Waals surface area contributed by atoms with Crippen LogP contribution in [0.2, 0.25) is 0 Å². The first-order valence-corrected chi connectivity index (χ1v) is 4.04. The molecule has 1 aliphatic carbocycles. The Morgan fingerprint density at radius 1 is 1.55 bits per heavy atom. The van der Waals surface area contributed by atoms with E-state index in [2.05, 4.69) is 25.1 Å². The Morgan fingerprint density at radius 3 is 3.09 bits per heavy atom. The van der Waals surface area contributed by atoms with Crippen LogP contribution in [-0.2, 0) is 0 Å². The zero-order chi connectivity index (χ0) is 7.84. The van der Waals surface area contributed by atoms with E-state index < -0.39 is 0 Å². The molecule has 1 unspecified atom stereocenters. The maximum Gasteiger partial charge on any atom is 0.114 e. The first kappa shape index (κ1) is 6.71. The minimum absolute atomic E-state index is 0.559. The highest BCUT2D eigenvalue weighted by molar-refractivity contribution is 5.55. The van der Waals surface area contributed by atoms with Crippen LogP contribution in [0.15, 0.2) is 16.6 Å². The van der Waals surface area contributed by atoms with Crippen LogP contribution in [0.1, 0.15) is 36.3 Å². The monoisotopic (exact) mass is 148 g/mol. The molecule has 0 amide bonds. The molecule has 0 spiro atoms. The third-order valence-electron chi connectivity index (χ3n) is 2.15. The van der Waals surface area contributed by atoms with Crippen molar-refractivity contribution in [1.82, 2.24) is 0 Å². The molecule has 1 heterocycles. The highest BCUT2D eigenvalue weighted by Crippen LogP contribution is 2.31. The minimum atomic E-state index is 0.559. The molecular formula is C10H12O. The molecule has 0 bridgehead atoms. The molecule has 0 fully saturated rings. The molecule has 58 valence electrons. The zero-order valence-corrected chi connectivity index (χ0v) is 6.92. The maximum absolute atomic E-state index is 5.57. The van der Waals surface area contributed by atoms with Gasteiger partial charge in [-0.1, -0.05) is 19.1 Å². The van der Waals surface area contributed by atoms with Gasteiger partial charge in [0, 0.05) is 11.5 Å². The number of rotatable bonds is 0. The SMILES string of the molecule is Cc1cc2c(o1)C(C)CC=C2. The van der Waals surface area contributed by atoms with Crippen LogP contribution >= 0.6 is 0 Å². The largest absolute Gasteiger partial charge is 0.465 e. The Morgan fingerprint density at radius 2 is 2.36 bits per heavy atom. The Labute approximate surface area is 66.7 Å². The van der Waals surface area contributed by atoms with Crippen LogP contribution in [0, 0.1) is 6.92 Å². The van der Waals surface area contributed by atoms with Crippen molar-refractivity contribution in [2.75, 3.05) is 0 Å². The smallest absolute Gasteiger partial charge is 0.114 e. The molecule has 1 aromatic rings. The molecule has 0 aromatic carbocycles. The van der Waals surface area contributed by atoms with Crippen LogP contribution in [0.3, 0.4) is 0 Å². The van der Waals surface area contributed by atoms with Gasteiger partial charge in [-0.3, -0.25) is 0 Å². The van der Waals surface area contributed by atoms with Gasteiger partial charge in [-0.15, -0.1) is 0 Å². The molecule has 0 radical (unpaired) electrons. The molecule has 1 aliphatic rings. The summed E-state index contributed by atoms with van der Waals surface area (Å²) in [7, 11) is 0. The fraction of sp³-hybridized carbons (Fsp3) is 0.400. The summed E-state index contributed by atoms with van der Waals surface area (Å²) in [4.78, 5) is 0. The number of hydrogen-bond donors (Lipinski definition) is 0. The lowest BCUT2D eigenvalue weighted by atomic mass is 9.96. The molecule has 0 aliphatic heterocycles. The molecule has 1 nitrogen and oxygen atoms in total. The molecule has 0 saturated carbocycles. The molecular weight excluding hydrogens is 136 g/mol. The Hall–Kier alpha value is -0.980. The molecule has 1 aromatic heterocycles. The van der Waals surface area contributed by atoms with Crippen molar-refractivity contribution < 1.29 is 4.42 Å². The Kier molecular flexibility index (Phi) is 1.38. The summed E-state index contributed by atoms with van der Waals surface area (Å²) in [5, 5.41) is 0. The fourth-order valence-corrected chi connectivity index (χ4v) is 1.57. The average molecular weight is 148 g/mol. The van der Waals surface area contributed by atoms with Crippen molar-refractivity contribution in [3.05, 3.63) is 29.2 Å². The van der Waals surface area contributed by atoms with Gasteiger partial charge in [0.25, 0.3) is 0 Å². The molecule has 1 heteroatoms. The number of hydrogen-bond acceptors (Lipinski definition) is 1. The third-order valence-corrected chi connectivity index (χ3v) is 2.15. The highest BCUT2D eigenvalue weighted by atomic mass is 16.3. The van der Waals surface area contributed by atoms with E-state index in [0.29, 0.717) is 5.92 Å². The number of aryl methyl sites for hydroxylation is 1. The van der Waals surface area contributed by atoms with Crippen molar-refractivity contribution in [3.63, 3.8) is 0 Å². The first-order valence-electron chi connectivity index (χ1n) is 4.04. The van der Waals surface area contributed by atoms with Crippen molar-refractivity contribution in [3.8, 4) is 0 Å². The second-order valence-corrected chi connectivity index (χ2v) is 3.22. The van der Waals surface area contributed by atoms with E-state index in [4.69, 9.17) is 4.42 Å². The van der Waals surface area contributed by atoms with Crippen molar-refractivity contribution >= 4 is 6.08 Å². The zero-order valence-electron chi connectivity index (χ0n) is 6.92. The third kappa shape index (κ3) is 1.01. The van der Waals surface area contributed by atoms with Crippen LogP contribution < -0.4 is 0 Å².